The molecule has 1 aliphatic carbocycles. The molecular formula is C22H26N2O5. The first kappa shape index (κ1) is 20.5. The largest absolute Gasteiger partial charge is 0.493 e. The van der Waals surface area contributed by atoms with Gasteiger partial charge in [-0.25, -0.2) is 4.79 Å². The van der Waals surface area contributed by atoms with Crippen LogP contribution in [0.15, 0.2) is 48.5 Å². The summed E-state index contributed by atoms with van der Waals surface area (Å²) in [7, 11) is 3.04. The van der Waals surface area contributed by atoms with Gasteiger partial charge < -0.3 is 19.5 Å². The van der Waals surface area contributed by atoms with Gasteiger partial charge in [-0.05, 0) is 43.5 Å². The highest BCUT2D eigenvalue weighted by atomic mass is 16.6. The predicted octanol–water partition coefficient (Wildman–Crippen LogP) is 3.99. The van der Waals surface area contributed by atoms with Gasteiger partial charge >= 0.3 is 6.09 Å². The second-order valence-corrected chi connectivity index (χ2v) is 6.90. The van der Waals surface area contributed by atoms with Gasteiger partial charge in [0.2, 0.25) is 0 Å². The van der Waals surface area contributed by atoms with Gasteiger partial charge in [-0.2, -0.15) is 0 Å². The van der Waals surface area contributed by atoms with Crippen LogP contribution in [0.1, 0.15) is 36.0 Å². The highest BCUT2D eigenvalue weighted by Crippen LogP contribution is 2.31. The molecule has 7 nitrogen and oxygen atoms in total. The van der Waals surface area contributed by atoms with Crippen molar-refractivity contribution in [2.24, 2.45) is 0 Å². The fraction of sp³-hybridized carbons (Fsp3) is 0.364. The van der Waals surface area contributed by atoms with E-state index < -0.39 is 6.09 Å². The second kappa shape index (κ2) is 9.82. The molecule has 1 saturated carbocycles. The predicted molar refractivity (Wildman–Crippen MR) is 110 cm³/mol. The maximum absolute atomic E-state index is 12.8. The Bertz CT molecular complexity index is 840. The van der Waals surface area contributed by atoms with E-state index in [0.717, 1.165) is 19.3 Å². The lowest BCUT2D eigenvalue weighted by Gasteiger charge is -2.29. The number of carbonyl (C=O) groups is 2. The molecule has 1 aliphatic rings. The third-order valence-electron chi connectivity index (χ3n) is 4.90. The zero-order valence-corrected chi connectivity index (χ0v) is 16.6. The Balaban J connectivity index is 1.57. The van der Waals surface area contributed by atoms with Gasteiger partial charge in [0.25, 0.3) is 5.91 Å². The summed E-state index contributed by atoms with van der Waals surface area (Å²) in [4.78, 5) is 24.9. The van der Waals surface area contributed by atoms with E-state index in [1.165, 1.54) is 14.2 Å². The van der Waals surface area contributed by atoms with Crippen molar-refractivity contribution < 1.29 is 23.8 Å². The molecule has 0 bridgehead atoms. The first-order chi connectivity index (χ1) is 14.1. The van der Waals surface area contributed by atoms with Gasteiger partial charge in [0.1, 0.15) is 6.10 Å². The van der Waals surface area contributed by atoms with Gasteiger partial charge in [-0.3, -0.25) is 10.1 Å². The minimum atomic E-state index is -0.484. The molecule has 2 amide bonds. The zero-order chi connectivity index (χ0) is 20.6. The summed E-state index contributed by atoms with van der Waals surface area (Å²) in [6, 6.07) is 14.3. The summed E-state index contributed by atoms with van der Waals surface area (Å²) in [6.07, 6.45) is 2.31. The van der Waals surface area contributed by atoms with Crippen LogP contribution in [0.2, 0.25) is 0 Å². The smallest absolute Gasteiger partial charge is 0.411 e. The fourth-order valence-corrected chi connectivity index (χ4v) is 3.53. The number of carbonyl (C=O) groups excluding carboxylic acids is 2. The molecule has 2 atom stereocenters. The van der Waals surface area contributed by atoms with Gasteiger partial charge in [0.05, 0.1) is 19.8 Å². The number of nitrogens with one attached hydrogen (secondary N) is 2. The van der Waals surface area contributed by atoms with Crippen molar-refractivity contribution in [3.05, 3.63) is 54.1 Å². The van der Waals surface area contributed by atoms with E-state index in [-0.39, 0.29) is 18.1 Å². The van der Waals surface area contributed by atoms with Crippen molar-refractivity contribution >= 4 is 17.7 Å². The monoisotopic (exact) mass is 398 g/mol. The molecule has 0 radical (unpaired) electrons. The molecule has 3 rings (SSSR count). The van der Waals surface area contributed by atoms with Crippen LogP contribution in [0, 0.1) is 0 Å². The third kappa shape index (κ3) is 5.40. The van der Waals surface area contributed by atoms with Gasteiger partial charge in [0, 0.05) is 18.2 Å². The van der Waals surface area contributed by atoms with E-state index in [9.17, 15) is 9.59 Å². The number of ether oxygens (including phenoxy) is 3. The molecule has 7 heteroatoms. The zero-order valence-electron chi connectivity index (χ0n) is 16.6. The van der Waals surface area contributed by atoms with Crippen LogP contribution in [0.5, 0.6) is 11.5 Å². The van der Waals surface area contributed by atoms with Crippen LogP contribution >= 0.6 is 0 Å². The number of para-hydroxylation sites is 2. The van der Waals surface area contributed by atoms with E-state index in [2.05, 4.69) is 10.6 Å². The summed E-state index contributed by atoms with van der Waals surface area (Å²) in [5, 5.41) is 5.75. The van der Waals surface area contributed by atoms with Gasteiger partial charge in [-0.1, -0.05) is 24.3 Å². The molecule has 2 aromatic rings. The van der Waals surface area contributed by atoms with Gasteiger partial charge in [-0.15, -0.1) is 0 Å². The molecule has 0 heterocycles. The van der Waals surface area contributed by atoms with Crippen LogP contribution in [0.4, 0.5) is 10.5 Å². The van der Waals surface area contributed by atoms with Crippen molar-refractivity contribution in [3.63, 3.8) is 0 Å². The highest BCUT2D eigenvalue weighted by molar-refractivity contribution is 5.98. The second-order valence-electron chi connectivity index (χ2n) is 6.90. The number of hydrogen-bond acceptors (Lipinski definition) is 5. The molecule has 2 N–H and O–H groups in total. The Morgan fingerprint density at radius 1 is 0.966 bits per heavy atom. The summed E-state index contributed by atoms with van der Waals surface area (Å²) in [6.45, 7) is 0. The normalized spacial score (nSPS) is 18.4. The van der Waals surface area contributed by atoms with Crippen LogP contribution < -0.4 is 20.1 Å². The topological polar surface area (TPSA) is 85.9 Å². The highest BCUT2D eigenvalue weighted by Gasteiger charge is 2.27. The minimum Gasteiger partial charge on any atom is -0.493 e. The van der Waals surface area contributed by atoms with Gasteiger partial charge in [0.15, 0.2) is 11.5 Å². The number of methoxy groups -OCH3 is 2. The summed E-state index contributed by atoms with van der Waals surface area (Å²) in [5.74, 6) is 0.668. The molecule has 0 unspecified atom stereocenters. The number of hydrogen-bond donors (Lipinski definition) is 2. The molecule has 2 aromatic carbocycles. The number of benzene rings is 2. The molecule has 1 fully saturated rings. The summed E-state index contributed by atoms with van der Waals surface area (Å²) >= 11 is 0. The number of anilines is 1. The maximum Gasteiger partial charge on any atom is 0.411 e. The standard InChI is InChI=1S/C22H26N2O5/c1-27-19-13-7-12-18(20(19)28-2)21(25)23-16-10-6-11-17(14-16)29-22(26)24-15-8-4-3-5-9-15/h3-5,7-9,12-13,16-17H,6,10-11,14H2,1-2H3,(H,23,25)(H,24,26)/t16-,17+/m1/s1. The lowest BCUT2D eigenvalue weighted by Crippen LogP contribution is -2.41. The first-order valence-corrected chi connectivity index (χ1v) is 9.65. The Morgan fingerprint density at radius 3 is 2.48 bits per heavy atom. The Morgan fingerprint density at radius 2 is 1.76 bits per heavy atom. The molecule has 154 valence electrons. The van der Waals surface area contributed by atoms with Crippen LogP contribution in [0.25, 0.3) is 0 Å². The van der Waals surface area contributed by atoms with E-state index in [0.29, 0.717) is 29.2 Å². The van der Waals surface area contributed by atoms with Crippen molar-refractivity contribution in [2.75, 3.05) is 19.5 Å². The molecule has 0 aromatic heterocycles. The molecule has 0 saturated heterocycles. The Labute approximate surface area is 170 Å². The Hall–Kier alpha value is -3.22. The molecule has 29 heavy (non-hydrogen) atoms. The van der Waals surface area contributed by atoms with Crippen molar-refractivity contribution in [1.29, 1.82) is 0 Å². The molecule has 0 aliphatic heterocycles. The van der Waals surface area contributed by atoms with Crippen molar-refractivity contribution in [1.82, 2.24) is 5.32 Å². The summed E-state index contributed by atoms with van der Waals surface area (Å²) in [5.41, 5.74) is 1.10. The van der Waals surface area contributed by atoms with Crippen LogP contribution in [-0.2, 0) is 4.74 Å². The average Bonchev–Trinajstić information content (AvgIpc) is 2.73. The van der Waals surface area contributed by atoms with E-state index in [4.69, 9.17) is 14.2 Å². The minimum absolute atomic E-state index is 0.0818. The van der Waals surface area contributed by atoms with E-state index in [1.54, 1.807) is 30.3 Å². The number of amides is 2. The van der Waals surface area contributed by atoms with Crippen molar-refractivity contribution in [3.8, 4) is 11.5 Å². The summed E-state index contributed by atoms with van der Waals surface area (Å²) < 4.78 is 16.1. The van der Waals surface area contributed by atoms with Crippen LogP contribution in [0.3, 0.4) is 0 Å². The SMILES string of the molecule is COc1cccc(C(=O)N[C@@H]2CCC[C@H](OC(=O)Nc3ccccc3)C2)c1OC. The fourth-order valence-electron chi connectivity index (χ4n) is 3.53. The number of rotatable bonds is 6. The van der Waals surface area contributed by atoms with E-state index >= 15 is 0 Å². The molecular weight excluding hydrogens is 372 g/mol. The average molecular weight is 398 g/mol. The van der Waals surface area contributed by atoms with Crippen molar-refractivity contribution in [2.45, 2.75) is 37.8 Å². The molecule has 0 spiro atoms. The maximum atomic E-state index is 12.8. The van der Waals surface area contributed by atoms with Crippen LogP contribution in [-0.4, -0.2) is 38.4 Å². The first-order valence-electron chi connectivity index (χ1n) is 9.65. The third-order valence-corrected chi connectivity index (χ3v) is 4.90. The lowest BCUT2D eigenvalue weighted by atomic mass is 9.92. The van der Waals surface area contributed by atoms with E-state index in [1.807, 2.05) is 18.2 Å². The quantitative estimate of drug-likeness (QED) is 0.768. The lowest BCUT2D eigenvalue weighted by molar-refractivity contribution is 0.0711. The Kier molecular flexibility index (Phi) is 6.94.